The lowest BCUT2D eigenvalue weighted by Crippen LogP contribution is -2.20. The van der Waals surface area contributed by atoms with Crippen LogP contribution in [0, 0.1) is 0 Å². The molecule has 0 radical (unpaired) electrons. The van der Waals surface area contributed by atoms with Crippen LogP contribution in [-0.4, -0.2) is 29.9 Å². The fourth-order valence-electron chi connectivity index (χ4n) is 1.80. The second-order valence-electron chi connectivity index (χ2n) is 3.93. The van der Waals surface area contributed by atoms with Gasteiger partial charge in [-0.1, -0.05) is 0 Å². The van der Waals surface area contributed by atoms with Crippen molar-refractivity contribution < 1.29 is 8.42 Å². The van der Waals surface area contributed by atoms with Crippen LogP contribution in [0.2, 0.25) is 0 Å². The lowest BCUT2D eigenvalue weighted by Gasteiger charge is -2.06. The predicted octanol–water partition coefficient (Wildman–Crippen LogP) is -0.869. The van der Waals surface area contributed by atoms with Crippen molar-refractivity contribution in [2.75, 3.05) is 11.5 Å². The number of nitrogens with one attached hydrogen (secondary N) is 1. The van der Waals surface area contributed by atoms with E-state index in [0.717, 1.165) is 0 Å². The van der Waals surface area contributed by atoms with Gasteiger partial charge in [0.15, 0.2) is 9.84 Å². The van der Waals surface area contributed by atoms with Gasteiger partial charge in [-0.3, -0.25) is 4.79 Å². The van der Waals surface area contributed by atoms with Gasteiger partial charge in [0.1, 0.15) is 5.82 Å². The third-order valence-electron chi connectivity index (χ3n) is 2.73. The van der Waals surface area contributed by atoms with Crippen LogP contribution in [0.4, 0.5) is 0 Å². The Labute approximate surface area is 92.8 Å². The molecule has 6 nitrogen and oxygen atoms in total. The summed E-state index contributed by atoms with van der Waals surface area (Å²) in [6.07, 6.45) is 1.94. The second-order valence-corrected chi connectivity index (χ2v) is 6.16. The van der Waals surface area contributed by atoms with E-state index in [9.17, 15) is 13.2 Å². The lowest BCUT2D eigenvalue weighted by molar-refractivity contribution is 0.601. The quantitative estimate of drug-likeness (QED) is 0.702. The average Bonchev–Trinajstić information content (AvgIpc) is 2.59. The summed E-state index contributed by atoms with van der Waals surface area (Å²) in [5, 5.41) is 0. The molecule has 16 heavy (non-hydrogen) atoms. The summed E-state index contributed by atoms with van der Waals surface area (Å²) in [4.78, 5) is 18.1. The molecule has 1 saturated heterocycles. The molecule has 3 N–H and O–H groups in total. The second kappa shape index (κ2) is 3.99. The number of nitrogens with two attached hydrogens (primary N) is 1. The largest absolute Gasteiger partial charge is 0.326 e. The van der Waals surface area contributed by atoms with E-state index in [4.69, 9.17) is 5.73 Å². The first-order valence-corrected chi connectivity index (χ1v) is 6.82. The maximum absolute atomic E-state index is 11.5. The molecule has 7 heteroatoms. The molecule has 1 aliphatic heterocycles. The summed E-state index contributed by atoms with van der Waals surface area (Å²) in [6.45, 7) is 0.131. The zero-order valence-electron chi connectivity index (χ0n) is 8.64. The molecule has 1 atom stereocenters. The Balaban J connectivity index is 2.30. The molecule has 1 aromatic rings. The standard InChI is InChI=1S/C9H13N3O3S/c10-3-7-4-11-8(12-9(7)13)6-1-2-16(14,15)5-6/h4,6H,1-3,5,10H2,(H,11,12,13). The zero-order valence-corrected chi connectivity index (χ0v) is 9.46. The summed E-state index contributed by atoms with van der Waals surface area (Å²) >= 11 is 0. The van der Waals surface area contributed by atoms with Gasteiger partial charge in [-0.25, -0.2) is 13.4 Å². The highest BCUT2D eigenvalue weighted by Crippen LogP contribution is 2.25. The van der Waals surface area contributed by atoms with Crippen LogP contribution in [0.15, 0.2) is 11.0 Å². The number of hydrogen-bond donors (Lipinski definition) is 2. The van der Waals surface area contributed by atoms with Gasteiger partial charge in [0.2, 0.25) is 0 Å². The van der Waals surface area contributed by atoms with Gasteiger partial charge in [-0.2, -0.15) is 0 Å². The highest BCUT2D eigenvalue weighted by Gasteiger charge is 2.30. The molecule has 0 aliphatic carbocycles. The molecule has 0 aromatic carbocycles. The van der Waals surface area contributed by atoms with E-state index >= 15 is 0 Å². The van der Waals surface area contributed by atoms with E-state index < -0.39 is 9.84 Å². The minimum absolute atomic E-state index is 0.0674. The Kier molecular flexibility index (Phi) is 2.81. The Hall–Kier alpha value is -1.21. The molecule has 1 fully saturated rings. The maximum atomic E-state index is 11.5. The van der Waals surface area contributed by atoms with Gasteiger partial charge in [-0.05, 0) is 6.42 Å². The molecule has 2 rings (SSSR count). The van der Waals surface area contributed by atoms with Gasteiger partial charge in [-0.15, -0.1) is 0 Å². The minimum Gasteiger partial charge on any atom is -0.326 e. The first kappa shape index (κ1) is 11.3. The van der Waals surface area contributed by atoms with Crippen LogP contribution in [0.1, 0.15) is 23.7 Å². The summed E-state index contributed by atoms with van der Waals surface area (Å²) < 4.78 is 22.6. The molecule has 0 amide bonds. The van der Waals surface area contributed by atoms with Crippen LogP contribution in [0.3, 0.4) is 0 Å². The van der Waals surface area contributed by atoms with Gasteiger partial charge in [0.25, 0.3) is 5.56 Å². The smallest absolute Gasteiger partial charge is 0.255 e. The average molecular weight is 243 g/mol. The molecular weight excluding hydrogens is 230 g/mol. The topological polar surface area (TPSA) is 106 Å². The highest BCUT2D eigenvalue weighted by molar-refractivity contribution is 7.91. The fourth-order valence-corrected chi connectivity index (χ4v) is 3.55. The Morgan fingerprint density at radius 1 is 1.56 bits per heavy atom. The number of sulfone groups is 1. The summed E-state index contributed by atoms with van der Waals surface area (Å²) in [5.74, 6) is 0.491. The van der Waals surface area contributed by atoms with Crippen LogP contribution < -0.4 is 11.3 Å². The lowest BCUT2D eigenvalue weighted by atomic mass is 10.1. The number of nitrogens with zero attached hydrogens (tertiary/aromatic N) is 1. The van der Waals surface area contributed by atoms with Crippen molar-refractivity contribution in [1.29, 1.82) is 0 Å². The van der Waals surface area contributed by atoms with E-state index in [-0.39, 0.29) is 29.5 Å². The number of H-pyrrole nitrogens is 1. The minimum atomic E-state index is -2.96. The van der Waals surface area contributed by atoms with Gasteiger partial charge >= 0.3 is 0 Å². The van der Waals surface area contributed by atoms with E-state index in [1.54, 1.807) is 0 Å². The summed E-state index contributed by atoms with van der Waals surface area (Å²) in [6, 6.07) is 0. The highest BCUT2D eigenvalue weighted by atomic mass is 32.2. The maximum Gasteiger partial charge on any atom is 0.255 e. The molecule has 1 aliphatic rings. The van der Waals surface area contributed by atoms with Crippen molar-refractivity contribution in [2.45, 2.75) is 18.9 Å². The molecule has 0 bridgehead atoms. The third kappa shape index (κ3) is 2.14. The van der Waals surface area contributed by atoms with Crippen LogP contribution in [0.25, 0.3) is 0 Å². The Morgan fingerprint density at radius 2 is 2.31 bits per heavy atom. The molecule has 0 saturated carbocycles. The Morgan fingerprint density at radius 3 is 2.81 bits per heavy atom. The molecule has 88 valence electrons. The molecule has 2 heterocycles. The monoisotopic (exact) mass is 243 g/mol. The summed E-state index contributed by atoms with van der Waals surface area (Å²) in [5.41, 5.74) is 5.47. The van der Waals surface area contributed by atoms with Gasteiger partial charge in [0, 0.05) is 24.2 Å². The van der Waals surface area contributed by atoms with Crippen molar-refractivity contribution in [1.82, 2.24) is 9.97 Å². The van der Waals surface area contributed by atoms with Crippen LogP contribution >= 0.6 is 0 Å². The van der Waals surface area contributed by atoms with Crippen molar-refractivity contribution in [3.05, 3.63) is 27.9 Å². The van der Waals surface area contributed by atoms with Gasteiger partial charge < -0.3 is 10.7 Å². The third-order valence-corrected chi connectivity index (χ3v) is 4.50. The van der Waals surface area contributed by atoms with Crippen molar-refractivity contribution in [2.24, 2.45) is 5.73 Å². The molecule has 1 aromatic heterocycles. The van der Waals surface area contributed by atoms with Gasteiger partial charge in [0.05, 0.1) is 11.5 Å². The summed E-state index contributed by atoms with van der Waals surface area (Å²) in [7, 11) is -2.96. The van der Waals surface area contributed by atoms with Crippen molar-refractivity contribution in [3.8, 4) is 0 Å². The van der Waals surface area contributed by atoms with E-state index in [1.165, 1.54) is 6.20 Å². The normalized spacial score (nSPS) is 23.4. The Bertz CT molecular complexity index is 549. The first-order chi connectivity index (χ1) is 7.52. The number of hydrogen-bond acceptors (Lipinski definition) is 5. The van der Waals surface area contributed by atoms with Crippen molar-refractivity contribution in [3.63, 3.8) is 0 Å². The number of aromatic nitrogens is 2. The first-order valence-electron chi connectivity index (χ1n) is 5.00. The fraction of sp³-hybridized carbons (Fsp3) is 0.556. The zero-order chi connectivity index (χ0) is 11.8. The predicted molar refractivity (Wildman–Crippen MR) is 58.8 cm³/mol. The van der Waals surface area contributed by atoms with Crippen molar-refractivity contribution >= 4 is 9.84 Å². The van der Waals surface area contributed by atoms with E-state index in [2.05, 4.69) is 9.97 Å². The van der Waals surface area contributed by atoms with E-state index in [0.29, 0.717) is 17.8 Å². The molecule has 0 spiro atoms. The van der Waals surface area contributed by atoms with E-state index in [1.807, 2.05) is 0 Å². The van der Waals surface area contributed by atoms with Crippen LogP contribution in [0.5, 0.6) is 0 Å². The SMILES string of the molecule is NCc1cnc(C2CCS(=O)(=O)C2)[nH]c1=O. The molecular formula is C9H13N3O3S. The number of rotatable bonds is 2. The number of aromatic amines is 1. The van der Waals surface area contributed by atoms with Crippen LogP contribution in [-0.2, 0) is 16.4 Å². The molecule has 1 unspecified atom stereocenters.